The van der Waals surface area contributed by atoms with Crippen molar-refractivity contribution >= 4 is 12.6 Å². The number of benzene rings is 3. The highest BCUT2D eigenvalue weighted by atomic mass is 16.1. The summed E-state index contributed by atoms with van der Waals surface area (Å²) in [6.45, 7) is 2.23. The van der Waals surface area contributed by atoms with E-state index in [0.29, 0.717) is 11.1 Å². The third-order valence-electron chi connectivity index (χ3n) is 5.93. The van der Waals surface area contributed by atoms with Crippen LogP contribution in [0.15, 0.2) is 66.7 Å². The minimum atomic E-state index is 0.500. The molecule has 0 spiro atoms. The van der Waals surface area contributed by atoms with Gasteiger partial charge in [0.25, 0.3) is 0 Å². The number of hydrogen-bond donors (Lipinski definition) is 0. The van der Waals surface area contributed by atoms with E-state index >= 15 is 0 Å². The van der Waals surface area contributed by atoms with Crippen LogP contribution in [0.5, 0.6) is 0 Å². The minimum Gasteiger partial charge on any atom is -0.298 e. The van der Waals surface area contributed by atoms with Crippen molar-refractivity contribution in [3.8, 4) is 22.3 Å². The molecule has 0 N–H and O–H groups in total. The molecule has 0 aliphatic heterocycles. The van der Waals surface area contributed by atoms with Crippen LogP contribution in [-0.4, -0.2) is 12.6 Å². The highest BCUT2D eigenvalue weighted by Crippen LogP contribution is 2.38. The fourth-order valence-electron chi connectivity index (χ4n) is 4.28. The Morgan fingerprint density at radius 3 is 1.77 bits per heavy atom. The molecular weight excluding hydrogens is 380 g/mol. The van der Waals surface area contributed by atoms with Crippen molar-refractivity contribution in [2.24, 2.45) is 0 Å². The first-order valence-corrected chi connectivity index (χ1v) is 11.5. The Kier molecular flexibility index (Phi) is 8.78. The van der Waals surface area contributed by atoms with Gasteiger partial charge in [0.1, 0.15) is 0 Å². The molecule has 2 nitrogen and oxygen atoms in total. The fourth-order valence-corrected chi connectivity index (χ4v) is 4.28. The molecule has 0 atom stereocenters. The SMILES string of the molecule is CCCCCCCCCc1cc(-c2ccccc2)c(-c2ccccc2)c(C=O)c1C=O. The van der Waals surface area contributed by atoms with E-state index in [-0.39, 0.29) is 0 Å². The molecule has 3 rings (SSSR count). The molecule has 0 saturated carbocycles. The number of aryl methyl sites for hydroxylation is 1. The van der Waals surface area contributed by atoms with E-state index in [4.69, 9.17) is 0 Å². The summed E-state index contributed by atoms with van der Waals surface area (Å²) in [7, 11) is 0. The summed E-state index contributed by atoms with van der Waals surface area (Å²) in [4.78, 5) is 24.3. The summed E-state index contributed by atoms with van der Waals surface area (Å²) in [5, 5.41) is 0. The third-order valence-corrected chi connectivity index (χ3v) is 5.93. The van der Waals surface area contributed by atoms with E-state index in [1.165, 1.54) is 32.1 Å². The van der Waals surface area contributed by atoms with Gasteiger partial charge in [-0.2, -0.15) is 0 Å². The summed E-state index contributed by atoms with van der Waals surface area (Å²) < 4.78 is 0. The summed E-state index contributed by atoms with van der Waals surface area (Å²) in [5.41, 5.74) is 5.88. The Balaban J connectivity index is 1.99. The first-order chi connectivity index (χ1) is 15.3. The Hall–Kier alpha value is -3.00. The number of carbonyl (C=O) groups is 2. The van der Waals surface area contributed by atoms with Crippen LogP contribution < -0.4 is 0 Å². The maximum absolute atomic E-state index is 12.2. The number of carbonyl (C=O) groups excluding carboxylic acids is 2. The molecule has 3 aromatic rings. The molecule has 0 unspecified atom stereocenters. The van der Waals surface area contributed by atoms with Crippen LogP contribution in [0.2, 0.25) is 0 Å². The van der Waals surface area contributed by atoms with Gasteiger partial charge in [0.2, 0.25) is 0 Å². The molecule has 2 heteroatoms. The van der Waals surface area contributed by atoms with Crippen LogP contribution in [0.1, 0.15) is 78.1 Å². The summed E-state index contributed by atoms with van der Waals surface area (Å²) in [6.07, 6.45) is 11.1. The summed E-state index contributed by atoms with van der Waals surface area (Å²) in [6, 6.07) is 22.2. The standard InChI is InChI=1S/C29H32O2/c1-2-3-4-5-6-7-10-19-25-20-26(23-15-11-8-12-16-23)29(24-17-13-9-14-18-24)28(22-31)27(25)21-30/h8-9,11-18,20-22H,2-7,10,19H2,1H3. The van der Waals surface area contributed by atoms with Gasteiger partial charge in [-0.05, 0) is 41.2 Å². The van der Waals surface area contributed by atoms with E-state index in [0.717, 1.165) is 59.7 Å². The van der Waals surface area contributed by atoms with Gasteiger partial charge in [0.05, 0.1) is 0 Å². The molecule has 0 fully saturated rings. The average molecular weight is 413 g/mol. The van der Waals surface area contributed by atoms with Gasteiger partial charge in [-0.3, -0.25) is 9.59 Å². The number of aldehydes is 2. The molecule has 160 valence electrons. The van der Waals surface area contributed by atoms with Crippen LogP contribution in [-0.2, 0) is 6.42 Å². The Morgan fingerprint density at radius 2 is 1.19 bits per heavy atom. The number of unbranched alkanes of at least 4 members (excludes halogenated alkanes) is 6. The van der Waals surface area contributed by atoms with E-state index in [1.807, 2.05) is 48.5 Å². The van der Waals surface area contributed by atoms with E-state index in [1.54, 1.807) is 0 Å². The van der Waals surface area contributed by atoms with Crippen LogP contribution in [0.3, 0.4) is 0 Å². The predicted molar refractivity (Wildman–Crippen MR) is 130 cm³/mol. The fraction of sp³-hybridized carbons (Fsp3) is 0.310. The van der Waals surface area contributed by atoms with Gasteiger partial charge in [0, 0.05) is 16.7 Å². The maximum Gasteiger partial charge on any atom is 0.151 e. The zero-order chi connectivity index (χ0) is 21.9. The van der Waals surface area contributed by atoms with Gasteiger partial charge in [-0.15, -0.1) is 0 Å². The van der Waals surface area contributed by atoms with E-state index in [9.17, 15) is 9.59 Å². The van der Waals surface area contributed by atoms with Crippen molar-refractivity contribution in [3.63, 3.8) is 0 Å². The van der Waals surface area contributed by atoms with Crippen molar-refractivity contribution < 1.29 is 9.59 Å². The van der Waals surface area contributed by atoms with Crippen LogP contribution in [0, 0.1) is 0 Å². The molecule has 0 aliphatic rings. The zero-order valence-electron chi connectivity index (χ0n) is 18.5. The van der Waals surface area contributed by atoms with Gasteiger partial charge >= 0.3 is 0 Å². The lowest BCUT2D eigenvalue weighted by molar-refractivity contribution is 0.109. The zero-order valence-corrected chi connectivity index (χ0v) is 18.5. The number of hydrogen-bond acceptors (Lipinski definition) is 2. The van der Waals surface area contributed by atoms with Crippen molar-refractivity contribution in [1.82, 2.24) is 0 Å². The molecule has 0 radical (unpaired) electrons. The minimum absolute atomic E-state index is 0.500. The second-order valence-corrected chi connectivity index (χ2v) is 8.12. The molecule has 0 bridgehead atoms. The third kappa shape index (κ3) is 5.79. The normalized spacial score (nSPS) is 10.7. The van der Waals surface area contributed by atoms with Gasteiger partial charge in [-0.1, -0.05) is 106 Å². The predicted octanol–water partition coefficient (Wildman–Crippen LogP) is 7.94. The van der Waals surface area contributed by atoms with Crippen molar-refractivity contribution in [2.75, 3.05) is 0 Å². The Bertz CT molecular complexity index is 975. The summed E-state index contributed by atoms with van der Waals surface area (Å²) >= 11 is 0. The highest BCUT2D eigenvalue weighted by molar-refractivity contribution is 6.03. The van der Waals surface area contributed by atoms with Crippen LogP contribution in [0.25, 0.3) is 22.3 Å². The highest BCUT2D eigenvalue weighted by Gasteiger charge is 2.19. The van der Waals surface area contributed by atoms with E-state index in [2.05, 4.69) is 25.1 Å². The lowest BCUT2D eigenvalue weighted by Gasteiger charge is -2.18. The molecule has 0 aliphatic carbocycles. The molecule has 0 heterocycles. The molecule has 0 saturated heterocycles. The first kappa shape index (κ1) is 22.7. The monoisotopic (exact) mass is 412 g/mol. The average Bonchev–Trinajstić information content (AvgIpc) is 2.83. The summed E-state index contributed by atoms with van der Waals surface area (Å²) in [5.74, 6) is 0. The first-order valence-electron chi connectivity index (χ1n) is 11.5. The molecule has 3 aromatic carbocycles. The van der Waals surface area contributed by atoms with Crippen molar-refractivity contribution in [3.05, 3.63) is 83.4 Å². The molecular formula is C29H32O2. The molecule has 0 amide bonds. The van der Waals surface area contributed by atoms with Crippen molar-refractivity contribution in [2.45, 2.75) is 58.3 Å². The van der Waals surface area contributed by atoms with E-state index < -0.39 is 0 Å². The smallest absolute Gasteiger partial charge is 0.151 e. The topological polar surface area (TPSA) is 34.1 Å². The number of rotatable bonds is 12. The van der Waals surface area contributed by atoms with Crippen molar-refractivity contribution in [1.29, 1.82) is 0 Å². The molecule has 0 aromatic heterocycles. The van der Waals surface area contributed by atoms with Gasteiger partial charge in [-0.25, -0.2) is 0 Å². The quantitative estimate of drug-likeness (QED) is 0.223. The van der Waals surface area contributed by atoms with Gasteiger partial charge in [0.15, 0.2) is 12.6 Å². The maximum atomic E-state index is 12.2. The van der Waals surface area contributed by atoms with Gasteiger partial charge < -0.3 is 0 Å². The Morgan fingerprint density at radius 1 is 0.645 bits per heavy atom. The van der Waals surface area contributed by atoms with Crippen LogP contribution >= 0.6 is 0 Å². The van der Waals surface area contributed by atoms with Crippen LogP contribution in [0.4, 0.5) is 0 Å². The Labute approximate surface area is 186 Å². The second kappa shape index (κ2) is 12.0. The largest absolute Gasteiger partial charge is 0.298 e. The molecule has 31 heavy (non-hydrogen) atoms. The second-order valence-electron chi connectivity index (χ2n) is 8.12. The lowest BCUT2D eigenvalue weighted by atomic mass is 9.84. The lowest BCUT2D eigenvalue weighted by Crippen LogP contribution is -2.04.